The van der Waals surface area contributed by atoms with Crippen LogP contribution in [0.3, 0.4) is 0 Å². The number of hydrogen-bond acceptors (Lipinski definition) is 4. The maximum atomic E-state index is 12.3. The molecule has 0 aliphatic rings. The molecule has 0 atom stereocenters. The fraction of sp³-hybridized carbons (Fsp3) is 0. The molecule has 0 bridgehead atoms. The van der Waals surface area contributed by atoms with Gasteiger partial charge in [0.1, 0.15) is 6.33 Å². The monoisotopic (exact) mass is 292 g/mol. The van der Waals surface area contributed by atoms with Crippen LogP contribution in [0.1, 0.15) is 26.3 Å². The van der Waals surface area contributed by atoms with Crippen molar-refractivity contribution in [3.63, 3.8) is 0 Å². The summed E-state index contributed by atoms with van der Waals surface area (Å²) in [6, 6.07) is 15.4. The van der Waals surface area contributed by atoms with Gasteiger partial charge in [-0.2, -0.15) is 10.1 Å². The number of hydrogen-bond donors (Lipinski definition) is 2. The zero-order valence-corrected chi connectivity index (χ0v) is 11.5. The van der Waals surface area contributed by atoms with Crippen molar-refractivity contribution in [2.24, 2.45) is 0 Å². The average molecular weight is 292 g/mol. The summed E-state index contributed by atoms with van der Waals surface area (Å²) in [6.07, 6.45) is 1.30. The first kappa shape index (κ1) is 13.7. The third-order valence-corrected chi connectivity index (χ3v) is 3.09. The van der Waals surface area contributed by atoms with Crippen molar-refractivity contribution < 1.29 is 9.59 Å². The number of anilines is 1. The lowest BCUT2D eigenvalue weighted by atomic mass is 10.0. The van der Waals surface area contributed by atoms with E-state index in [4.69, 9.17) is 0 Å². The van der Waals surface area contributed by atoms with Gasteiger partial charge in [-0.05, 0) is 12.1 Å². The fourth-order valence-corrected chi connectivity index (χ4v) is 1.97. The number of carbonyl (C=O) groups is 2. The zero-order valence-electron chi connectivity index (χ0n) is 11.5. The first-order valence-corrected chi connectivity index (χ1v) is 6.60. The predicted molar refractivity (Wildman–Crippen MR) is 80.7 cm³/mol. The highest BCUT2D eigenvalue weighted by atomic mass is 16.1. The molecule has 1 heterocycles. The number of benzene rings is 2. The van der Waals surface area contributed by atoms with Crippen LogP contribution < -0.4 is 5.32 Å². The minimum absolute atomic E-state index is 0.0807. The van der Waals surface area contributed by atoms with Crippen LogP contribution in [0.4, 0.5) is 5.95 Å². The standard InChI is InChI=1S/C16H12N4O2/c21-14(11-4-2-1-3-5-11)12-6-8-13(9-7-12)15(22)19-16-17-10-18-20-16/h1-10H,(H2,17,18,19,20,22). The second kappa shape index (κ2) is 6.01. The number of aromatic nitrogens is 3. The quantitative estimate of drug-likeness (QED) is 0.722. The van der Waals surface area contributed by atoms with Gasteiger partial charge < -0.3 is 0 Å². The third kappa shape index (κ3) is 2.90. The molecule has 0 aliphatic heterocycles. The Hall–Kier alpha value is -3.28. The minimum Gasteiger partial charge on any atom is -0.291 e. The molecule has 0 saturated carbocycles. The van der Waals surface area contributed by atoms with E-state index in [1.165, 1.54) is 6.33 Å². The summed E-state index contributed by atoms with van der Waals surface area (Å²) in [7, 11) is 0. The van der Waals surface area contributed by atoms with Crippen LogP contribution in [0.15, 0.2) is 60.9 Å². The summed E-state index contributed by atoms with van der Waals surface area (Å²) in [6.45, 7) is 0. The van der Waals surface area contributed by atoms with Crippen molar-refractivity contribution >= 4 is 17.6 Å². The second-order valence-electron chi connectivity index (χ2n) is 4.56. The van der Waals surface area contributed by atoms with Gasteiger partial charge in [-0.1, -0.05) is 42.5 Å². The van der Waals surface area contributed by atoms with Crippen LogP contribution in [-0.2, 0) is 0 Å². The van der Waals surface area contributed by atoms with Gasteiger partial charge in [-0.3, -0.25) is 14.9 Å². The summed E-state index contributed by atoms with van der Waals surface area (Å²) < 4.78 is 0. The molecule has 6 heteroatoms. The normalized spacial score (nSPS) is 10.2. The van der Waals surface area contributed by atoms with Gasteiger partial charge in [0.15, 0.2) is 5.78 Å². The van der Waals surface area contributed by atoms with E-state index in [1.54, 1.807) is 36.4 Å². The Morgan fingerprint density at radius 1 is 0.864 bits per heavy atom. The van der Waals surface area contributed by atoms with E-state index in [2.05, 4.69) is 20.5 Å². The lowest BCUT2D eigenvalue weighted by Gasteiger charge is -2.04. The van der Waals surface area contributed by atoms with E-state index in [1.807, 2.05) is 18.2 Å². The van der Waals surface area contributed by atoms with Crippen LogP contribution in [-0.4, -0.2) is 26.9 Å². The summed E-state index contributed by atoms with van der Waals surface area (Å²) in [5.41, 5.74) is 1.57. The average Bonchev–Trinajstić information content (AvgIpc) is 3.08. The number of ketones is 1. The molecule has 22 heavy (non-hydrogen) atoms. The van der Waals surface area contributed by atoms with Crippen LogP contribution in [0.2, 0.25) is 0 Å². The molecule has 0 aliphatic carbocycles. The highest BCUT2D eigenvalue weighted by Gasteiger charge is 2.11. The predicted octanol–water partition coefficient (Wildman–Crippen LogP) is 2.29. The summed E-state index contributed by atoms with van der Waals surface area (Å²) in [5.74, 6) is -0.132. The highest BCUT2D eigenvalue weighted by Crippen LogP contribution is 2.12. The summed E-state index contributed by atoms with van der Waals surface area (Å²) in [4.78, 5) is 28.1. The number of H-pyrrole nitrogens is 1. The van der Waals surface area contributed by atoms with Gasteiger partial charge in [0.25, 0.3) is 5.91 Å². The van der Waals surface area contributed by atoms with Crippen molar-refractivity contribution in [1.82, 2.24) is 15.2 Å². The van der Waals surface area contributed by atoms with E-state index < -0.39 is 0 Å². The van der Waals surface area contributed by atoms with E-state index in [-0.39, 0.29) is 17.6 Å². The number of rotatable bonds is 4. The Balaban J connectivity index is 1.75. The Labute approximate surface area is 126 Å². The molecule has 0 fully saturated rings. The van der Waals surface area contributed by atoms with Gasteiger partial charge in [0.05, 0.1) is 0 Å². The van der Waals surface area contributed by atoms with E-state index in [9.17, 15) is 9.59 Å². The van der Waals surface area contributed by atoms with Gasteiger partial charge in [-0.25, -0.2) is 5.10 Å². The van der Waals surface area contributed by atoms with Crippen molar-refractivity contribution in [3.8, 4) is 0 Å². The molecule has 0 radical (unpaired) electrons. The molecule has 0 saturated heterocycles. The van der Waals surface area contributed by atoms with E-state index in [0.29, 0.717) is 16.7 Å². The molecule has 1 aromatic heterocycles. The molecule has 2 N–H and O–H groups in total. The number of nitrogens with zero attached hydrogens (tertiary/aromatic N) is 2. The molecule has 2 aromatic carbocycles. The Morgan fingerprint density at radius 3 is 2.14 bits per heavy atom. The van der Waals surface area contributed by atoms with Crippen molar-refractivity contribution in [2.45, 2.75) is 0 Å². The first-order chi connectivity index (χ1) is 10.7. The smallest absolute Gasteiger partial charge is 0.258 e. The van der Waals surface area contributed by atoms with Crippen LogP contribution in [0, 0.1) is 0 Å². The van der Waals surface area contributed by atoms with Crippen molar-refractivity contribution in [2.75, 3.05) is 5.32 Å². The Bertz CT molecular complexity index is 781. The minimum atomic E-state index is -0.324. The van der Waals surface area contributed by atoms with Gasteiger partial charge >= 0.3 is 0 Å². The molecule has 0 spiro atoms. The molecular formula is C16H12N4O2. The third-order valence-electron chi connectivity index (χ3n) is 3.09. The van der Waals surface area contributed by atoms with Crippen LogP contribution in [0.5, 0.6) is 0 Å². The molecule has 3 aromatic rings. The fourth-order valence-electron chi connectivity index (χ4n) is 1.97. The molecule has 1 amide bonds. The van der Waals surface area contributed by atoms with Crippen molar-refractivity contribution in [3.05, 3.63) is 77.6 Å². The molecule has 108 valence electrons. The van der Waals surface area contributed by atoms with Crippen LogP contribution >= 0.6 is 0 Å². The number of carbonyl (C=O) groups excluding carboxylic acids is 2. The lowest BCUT2D eigenvalue weighted by molar-refractivity contribution is 0.101. The van der Waals surface area contributed by atoms with Gasteiger partial charge in [-0.15, -0.1) is 0 Å². The summed E-state index contributed by atoms with van der Waals surface area (Å²) >= 11 is 0. The first-order valence-electron chi connectivity index (χ1n) is 6.60. The molecule has 6 nitrogen and oxygen atoms in total. The second-order valence-corrected chi connectivity index (χ2v) is 4.56. The molecule has 3 rings (SSSR count). The Kier molecular flexibility index (Phi) is 3.74. The van der Waals surface area contributed by atoms with E-state index in [0.717, 1.165) is 0 Å². The zero-order chi connectivity index (χ0) is 15.4. The largest absolute Gasteiger partial charge is 0.291 e. The topological polar surface area (TPSA) is 87.7 Å². The van der Waals surface area contributed by atoms with Crippen molar-refractivity contribution in [1.29, 1.82) is 0 Å². The Morgan fingerprint density at radius 2 is 1.50 bits per heavy atom. The summed E-state index contributed by atoms with van der Waals surface area (Å²) in [5, 5.41) is 8.75. The number of amides is 1. The number of aromatic amines is 1. The lowest BCUT2D eigenvalue weighted by Crippen LogP contribution is -2.13. The highest BCUT2D eigenvalue weighted by molar-refractivity contribution is 6.10. The van der Waals surface area contributed by atoms with Gasteiger partial charge in [0, 0.05) is 16.7 Å². The maximum Gasteiger partial charge on any atom is 0.258 e. The molecular weight excluding hydrogens is 280 g/mol. The molecule has 0 unspecified atom stereocenters. The van der Waals surface area contributed by atoms with Gasteiger partial charge in [0.2, 0.25) is 5.95 Å². The SMILES string of the molecule is O=C(Nc1ncn[nH]1)c1ccc(C(=O)c2ccccc2)cc1. The van der Waals surface area contributed by atoms with E-state index >= 15 is 0 Å². The maximum absolute atomic E-state index is 12.3. The van der Waals surface area contributed by atoms with Crippen LogP contribution in [0.25, 0.3) is 0 Å². The number of nitrogens with one attached hydrogen (secondary N) is 2.